The Kier molecular flexibility index (Phi) is 7.62. The number of nitrogens with zero attached hydrogens (tertiary/aromatic N) is 6. The van der Waals surface area contributed by atoms with Crippen molar-refractivity contribution >= 4 is 34.7 Å². The summed E-state index contributed by atoms with van der Waals surface area (Å²) < 4.78 is 13.5. The predicted molar refractivity (Wildman–Crippen MR) is 136 cm³/mol. The molecule has 1 saturated heterocycles. The fraction of sp³-hybridized carbons (Fsp3) is 0.348. The zero-order valence-corrected chi connectivity index (χ0v) is 21.7. The molecule has 4 aromatic rings. The van der Waals surface area contributed by atoms with E-state index in [-0.39, 0.29) is 6.61 Å². The van der Waals surface area contributed by atoms with Crippen LogP contribution in [0.3, 0.4) is 0 Å². The molecule has 0 aliphatic carbocycles. The van der Waals surface area contributed by atoms with E-state index in [2.05, 4.69) is 25.3 Å². The predicted octanol–water partition coefficient (Wildman–Crippen LogP) is 3.25. The van der Waals surface area contributed by atoms with Crippen molar-refractivity contribution in [3.05, 3.63) is 59.0 Å². The van der Waals surface area contributed by atoms with Crippen molar-refractivity contribution in [1.82, 2.24) is 29.9 Å². The molecule has 1 aliphatic rings. The van der Waals surface area contributed by atoms with E-state index >= 15 is 0 Å². The number of hydrogen-bond donors (Lipinski definition) is 2. The second-order valence-electron chi connectivity index (χ2n) is 8.12. The first-order chi connectivity index (χ1) is 17.5. The number of hydrogen-bond acceptors (Lipinski definition) is 11. The number of aliphatic hydroxyl groups excluding tert-OH is 2. The van der Waals surface area contributed by atoms with Crippen LogP contribution in [0.4, 0.5) is 0 Å². The van der Waals surface area contributed by atoms with Gasteiger partial charge in [-0.2, -0.15) is 0 Å². The monoisotopic (exact) mass is 546 g/mol. The average molecular weight is 547 g/mol. The third kappa shape index (κ3) is 5.02. The van der Waals surface area contributed by atoms with Gasteiger partial charge >= 0.3 is 0 Å². The molecule has 4 aromatic heterocycles. The summed E-state index contributed by atoms with van der Waals surface area (Å²) in [6.07, 6.45) is 2.34. The minimum absolute atomic E-state index is 0.390. The van der Waals surface area contributed by atoms with Crippen LogP contribution in [0.2, 0.25) is 5.02 Å². The highest BCUT2D eigenvalue weighted by atomic mass is 35.5. The van der Waals surface area contributed by atoms with Crippen molar-refractivity contribution in [2.24, 2.45) is 0 Å². The summed E-state index contributed by atoms with van der Waals surface area (Å²) in [6, 6.07) is 6.66. The van der Waals surface area contributed by atoms with Gasteiger partial charge in [0, 0.05) is 35.5 Å². The summed E-state index contributed by atoms with van der Waals surface area (Å²) in [5.41, 5.74) is 2.15. The van der Waals surface area contributed by atoms with Crippen LogP contribution in [-0.2, 0) is 9.47 Å². The van der Waals surface area contributed by atoms with Crippen LogP contribution in [0.15, 0.2) is 53.1 Å². The van der Waals surface area contributed by atoms with Crippen molar-refractivity contribution in [2.75, 3.05) is 13.7 Å². The Bertz CT molecular complexity index is 1320. The molecule has 0 saturated carbocycles. The van der Waals surface area contributed by atoms with E-state index in [1.165, 1.54) is 23.1 Å². The van der Waals surface area contributed by atoms with Gasteiger partial charge in [0.25, 0.3) is 0 Å². The highest BCUT2D eigenvalue weighted by Crippen LogP contribution is 2.42. The first-order valence-corrected chi connectivity index (χ1v) is 13.2. The molecule has 10 nitrogen and oxygen atoms in total. The van der Waals surface area contributed by atoms with E-state index < -0.39 is 29.8 Å². The number of pyridine rings is 2. The van der Waals surface area contributed by atoms with E-state index in [4.69, 9.17) is 21.1 Å². The minimum atomic E-state index is -1.10. The van der Waals surface area contributed by atoms with Gasteiger partial charge in [0.05, 0.1) is 23.5 Å². The quantitative estimate of drug-likeness (QED) is 0.356. The summed E-state index contributed by atoms with van der Waals surface area (Å²) in [5, 5.41) is 32.7. The van der Waals surface area contributed by atoms with E-state index in [0.717, 1.165) is 15.6 Å². The number of methoxy groups -OCH3 is 1. The summed E-state index contributed by atoms with van der Waals surface area (Å²) in [7, 11) is 1.54. The third-order valence-corrected chi connectivity index (χ3v) is 8.09. The number of aromatic nitrogens is 6. The first-order valence-electron chi connectivity index (χ1n) is 11.0. The van der Waals surface area contributed by atoms with Crippen LogP contribution in [0.5, 0.6) is 0 Å². The van der Waals surface area contributed by atoms with Gasteiger partial charge in [0.15, 0.2) is 0 Å². The van der Waals surface area contributed by atoms with Crippen LogP contribution in [-0.4, -0.2) is 77.6 Å². The Morgan fingerprint density at radius 3 is 2.83 bits per heavy atom. The zero-order chi connectivity index (χ0) is 25.2. The molecule has 5 heterocycles. The van der Waals surface area contributed by atoms with Gasteiger partial charge < -0.3 is 19.7 Å². The normalized spacial score (nSPS) is 24.2. The third-order valence-electron chi connectivity index (χ3n) is 5.72. The first kappa shape index (κ1) is 25.2. The van der Waals surface area contributed by atoms with Gasteiger partial charge in [-0.05, 0) is 25.1 Å². The molecule has 0 unspecified atom stereocenters. The van der Waals surface area contributed by atoms with Gasteiger partial charge in [-0.25, -0.2) is 9.67 Å². The highest BCUT2D eigenvalue weighted by molar-refractivity contribution is 8.00. The lowest BCUT2D eigenvalue weighted by molar-refractivity contribution is -0.186. The zero-order valence-electron chi connectivity index (χ0n) is 19.3. The second kappa shape index (κ2) is 10.9. The summed E-state index contributed by atoms with van der Waals surface area (Å²) in [6.45, 7) is 1.52. The fourth-order valence-corrected chi connectivity index (χ4v) is 6.32. The average Bonchev–Trinajstić information content (AvgIpc) is 3.54. The number of thioether (sulfide) groups is 1. The Balaban J connectivity index is 1.49. The number of ether oxygens (including phenoxy) is 2. The topological polar surface area (TPSA) is 128 Å². The lowest BCUT2D eigenvalue weighted by Crippen LogP contribution is -2.55. The number of halogens is 1. The molecule has 0 aromatic carbocycles. The van der Waals surface area contributed by atoms with E-state index in [9.17, 15) is 10.2 Å². The van der Waals surface area contributed by atoms with Gasteiger partial charge in [-0.15, -0.1) is 16.4 Å². The van der Waals surface area contributed by atoms with Crippen molar-refractivity contribution in [3.63, 3.8) is 0 Å². The molecule has 0 spiro atoms. The van der Waals surface area contributed by atoms with E-state index in [0.29, 0.717) is 22.1 Å². The van der Waals surface area contributed by atoms with Crippen molar-refractivity contribution in [3.8, 4) is 22.1 Å². The lowest BCUT2D eigenvalue weighted by atomic mass is 9.97. The van der Waals surface area contributed by atoms with Gasteiger partial charge in [0.1, 0.15) is 46.2 Å². The van der Waals surface area contributed by atoms with Crippen molar-refractivity contribution in [1.29, 1.82) is 0 Å². The van der Waals surface area contributed by atoms with Crippen LogP contribution < -0.4 is 0 Å². The summed E-state index contributed by atoms with van der Waals surface area (Å²) in [5.74, 6) is 0. The lowest BCUT2D eigenvalue weighted by Gasteiger charge is -2.43. The van der Waals surface area contributed by atoms with Crippen molar-refractivity contribution in [2.45, 2.75) is 41.6 Å². The van der Waals surface area contributed by atoms with Crippen molar-refractivity contribution < 1.29 is 19.7 Å². The smallest absolute Gasteiger partial charge is 0.145 e. The molecule has 188 valence electrons. The van der Waals surface area contributed by atoms with Gasteiger partial charge in [-0.3, -0.25) is 9.97 Å². The molecule has 36 heavy (non-hydrogen) atoms. The van der Waals surface area contributed by atoms with E-state index in [1.54, 1.807) is 36.4 Å². The number of thiazole rings is 1. The molecule has 1 aliphatic heterocycles. The Hall–Kier alpha value is -2.45. The molecule has 0 bridgehead atoms. The Morgan fingerprint density at radius 1 is 1.28 bits per heavy atom. The van der Waals surface area contributed by atoms with Crippen LogP contribution in [0.1, 0.15) is 11.7 Å². The summed E-state index contributed by atoms with van der Waals surface area (Å²) in [4.78, 5) is 14.1. The van der Waals surface area contributed by atoms with Gasteiger partial charge in [-0.1, -0.05) is 34.6 Å². The van der Waals surface area contributed by atoms with Crippen LogP contribution >= 0.6 is 34.7 Å². The maximum atomic E-state index is 11.1. The van der Waals surface area contributed by atoms with Crippen LogP contribution in [0.25, 0.3) is 22.1 Å². The van der Waals surface area contributed by atoms with Crippen LogP contribution in [0, 0.1) is 6.92 Å². The summed E-state index contributed by atoms with van der Waals surface area (Å²) >= 11 is 9.08. The number of rotatable bonds is 7. The molecule has 13 heteroatoms. The molecule has 1 fully saturated rings. The highest BCUT2D eigenvalue weighted by Gasteiger charge is 2.47. The molecule has 5 rings (SSSR count). The maximum absolute atomic E-state index is 11.1. The minimum Gasteiger partial charge on any atom is -0.394 e. The maximum Gasteiger partial charge on any atom is 0.145 e. The van der Waals surface area contributed by atoms with Gasteiger partial charge in [0.2, 0.25) is 0 Å². The van der Waals surface area contributed by atoms with E-state index in [1.807, 2.05) is 30.5 Å². The largest absolute Gasteiger partial charge is 0.394 e. The Labute approximate surface area is 220 Å². The standard InChI is InChI=1S/C23H23ClN6O4S2/c1-12-11-35-22(27-12)15-9-30(29-28-15)19-20(32)16(10-31)34-23(21(19)33-2)36-17-7-13(24)8-26-18(17)14-5-3-4-6-25-14/h3-9,11,16,19-21,23,31-32H,10H2,1-2H3/t16-,19+,20+,21-,23-/m1/s1. The SMILES string of the molecule is CO[C@@H]1[C@@H](n2cc(-c3nc(C)cs3)nn2)[C@@H](O)[C@@H](CO)O[C@@H]1Sc1cc(Cl)cnc1-c1ccccn1. The molecular weight excluding hydrogens is 524 g/mol. The molecular formula is C23H23ClN6O4S2. The molecule has 0 radical (unpaired) electrons. The fourth-order valence-electron chi connectivity index (χ4n) is 4.03. The second-order valence-corrected chi connectivity index (χ2v) is 10.6. The molecule has 0 amide bonds. The molecule has 5 atom stereocenters. The number of aliphatic hydroxyl groups is 2. The number of aryl methyl sites for hydroxylation is 1. The Morgan fingerprint density at radius 2 is 2.14 bits per heavy atom. The molecule has 2 N–H and O–H groups in total.